The van der Waals surface area contributed by atoms with Crippen molar-refractivity contribution in [2.75, 3.05) is 72.3 Å². The Hall–Kier alpha value is -5.41. The van der Waals surface area contributed by atoms with E-state index in [4.69, 9.17) is 26.3 Å². The lowest BCUT2D eigenvalue weighted by Crippen LogP contribution is -2.52. The van der Waals surface area contributed by atoms with Gasteiger partial charge in [0.1, 0.15) is 17.4 Å². The van der Waals surface area contributed by atoms with Crippen LogP contribution >= 0.6 is 22.9 Å². The van der Waals surface area contributed by atoms with Gasteiger partial charge in [0.05, 0.1) is 24.6 Å². The zero-order chi connectivity index (χ0) is 51.7. The van der Waals surface area contributed by atoms with E-state index in [1.807, 2.05) is 48.2 Å². The van der Waals surface area contributed by atoms with Crippen molar-refractivity contribution >= 4 is 63.3 Å². The lowest BCUT2D eigenvalue weighted by Gasteiger charge is -2.47. The Morgan fingerprint density at radius 1 is 0.892 bits per heavy atom. The first-order valence-corrected chi connectivity index (χ1v) is 28.4. The second kappa shape index (κ2) is 22.4. The van der Waals surface area contributed by atoms with Gasteiger partial charge in [-0.3, -0.25) is 29.4 Å². The number of piperidine rings is 2. The summed E-state index contributed by atoms with van der Waals surface area (Å²) in [6, 6.07) is 20.1. The van der Waals surface area contributed by atoms with E-state index in [1.54, 1.807) is 18.4 Å². The molecule has 3 aromatic carbocycles. The number of carbonyl (C=O) groups excluding carboxylic acids is 4. The Balaban J connectivity index is 0.683. The number of piperazine rings is 1. The zero-order valence-electron chi connectivity index (χ0n) is 43.9. The maximum atomic E-state index is 14.1. The average molecular weight is 1040 g/mol. The molecule has 13 nitrogen and oxygen atoms in total. The van der Waals surface area contributed by atoms with Crippen molar-refractivity contribution in [3.8, 4) is 16.9 Å². The molecule has 5 heterocycles. The van der Waals surface area contributed by atoms with E-state index in [0.29, 0.717) is 41.5 Å². The molecule has 3 aliphatic heterocycles. The maximum Gasteiger partial charge on any atom is 0.253 e. The minimum Gasteiger partial charge on any atom is -0.496 e. The van der Waals surface area contributed by atoms with Crippen LogP contribution < -0.4 is 15.4 Å². The molecule has 2 atom stereocenters. The highest BCUT2D eigenvalue weighted by Crippen LogP contribution is 2.47. The number of imide groups is 1. The predicted octanol–water partition coefficient (Wildman–Crippen LogP) is 10.6. The predicted molar refractivity (Wildman–Crippen MR) is 294 cm³/mol. The molecule has 0 radical (unpaired) electrons. The number of thiophene rings is 1. The van der Waals surface area contributed by atoms with Crippen molar-refractivity contribution in [1.82, 2.24) is 34.9 Å². The molecule has 1 spiro atoms. The number of aryl methyl sites for hydroxylation is 1. The summed E-state index contributed by atoms with van der Waals surface area (Å²) >= 11 is 8.53. The van der Waals surface area contributed by atoms with Crippen LogP contribution in [0.15, 0.2) is 66.0 Å². The lowest BCUT2D eigenvalue weighted by molar-refractivity contribution is -0.138. The van der Waals surface area contributed by atoms with Crippen molar-refractivity contribution in [3.05, 3.63) is 104 Å². The SMILES string of the molecule is COc1cc2nc(C)nc(N[C@H](C)c3cc(-c4c(Cl)cccc4CN(C)C)cs3)c2cc1C1CCC(C(=O)N2CCN(CC3CCC4(CC3)CCN(C(=O)c3ccc([C@H]5CCC(=O)NC5=O)cc3)CC4)CC2)CC1. The topological polar surface area (TPSA) is 140 Å². The van der Waals surface area contributed by atoms with Crippen molar-refractivity contribution in [2.45, 2.75) is 115 Å². The molecule has 10 rings (SSSR count). The van der Waals surface area contributed by atoms with Crippen LogP contribution in [0.4, 0.5) is 5.82 Å². The number of methoxy groups -OCH3 is 1. The van der Waals surface area contributed by atoms with E-state index in [0.717, 1.165) is 141 Å². The van der Waals surface area contributed by atoms with E-state index < -0.39 is 0 Å². The lowest BCUT2D eigenvalue weighted by atomic mass is 9.65. The zero-order valence-corrected chi connectivity index (χ0v) is 45.5. The monoisotopic (exact) mass is 1040 g/mol. The van der Waals surface area contributed by atoms with Crippen LogP contribution in [0.25, 0.3) is 22.0 Å². The molecule has 2 aromatic heterocycles. The smallest absolute Gasteiger partial charge is 0.253 e. The van der Waals surface area contributed by atoms with Crippen LogP contribution in [0.1, 0.15) is 140 Å². The highest BCUT2D eigenvalue weighted by atomic mass is 35.5. The first-order chi connectivity index (χ1) is 35.7. The molecular formula is C59H73ClN8O5S. The second-order valence-electron chi connectivity index (χ2n) is 22.4. The first kappa shape index (κ1) is 52.0. The molecule has 3 saturated heterocycles. The third kappa shape index (κ3) is 11.4. The number of nitrogens with one attached hydrogen (secondary N) is 2. The van der Waals surface area contributed by atoms with Gasteiger partial charge in [-0.05, 0) is 174 Å². The highest BCUT2D eigenvalue weighted by Gasteiger charge is 2.40. The van der Waals surface area contributed by atoms with Crippen LogP contribution in [0.2, 0.25) is 5.02 Å². The summed E-state index contributed by atoms with van der Waals surface area (Å²) < 4.78 is 6.03. The number of carbonyl (C=O) groups is 4. The van der Waals surface area contributed by atoms with Gasteiger partial charge in [-0.25, -0.2) is 9.97 Å². The summed E-state index contributed by atoms with van der Waals surface area (Å²) in [6.45, 7) is 11.1. The van der Waals surface area contributed by atoms with Gasteiger partial charge in [0.15, 0.2) is 0 Å². The molecule has 2 N–H and O–H groups in total. The van der Waals surface area contributed by atoms with E-state index in [1.165, 1.54) is 36.1 Å². The van der Waals surface area contributed by atoms with Crippen molar-refractivity contribution < 1.29 is 23.9 Å². The number of halogens is 1. The number of ether oxygens (including phenoxy) is 1. The summed E-state index contributed by atoms with van der Waals surface area (Å²) in [5.41, 5.74) is 7.25. The van der Waals surface area contributed by atoms with Gasteiger partial charge in [0.2, 0.25) is 17.7 Å². The number of hydrogen-bond donors (Lipinski definition) is 2. The molecule has 4 amide bonds. The Morgan fingerprint density at radius 2 is 1.62 bits per heavy atom. The summed E-state index contributed by atoms with van der Waals surface area (Å²) in [4.78, 5) is 71.4. The van der Waals surface area contributed by atoms with Gasteiger partial charge in [0.25, 0.3) is 5.91 Å². The number of fused-ring (bicyclic) bond motifs is 1. The summed E-state index contributed by atoms with van der Waals surface area (Å²) in [5.74, 6) is 2.91. The number of nitrogens with zero attached hydrogens (tertiary/aromatic N) is 6. The molecule has 5 fully saturated rings. The van der Waals surface area contributed by atoms with Crippen LogP contribution in [0.3, 0.4) is 0 Å². The minimum atomic E-state index is -0.347. The fourth-order valence-electron chi connectivity index (χ4n) is 12.9. The van der Waals surface area contributed by atoms with Crippen LogP contribution in [0.5, 0.6) is 5.75 Å². The van der Waals surface area contributed by atoms with Crippen molar-refractivity contribution in [2.24, 2.45) is 17.3 Å². The third-order valence-corrected chi connectivity index (χ3v) is 18.7. The number of rotatable bonds is 13. The summed E-state index contributed by atoms with van der Waals surface area (Å²) in [5, 5.41) is 10.1. The van der Waals surface area contributed by atoms with E-state index in [2.05, 4.69) is 76.0 Å². The van der Waals surface area contributed by atoms with Gasteiger partial charge < -0.3 is 24.8 Å². The molecule has 2 aliphatic carbocycles. The molecule has 74 heavy (non-hydrogen) atoms. The van der Waals surface area contributed by atoms with Gasteiger partial charge >= 0.3 is 0 Å². The Morgan fingerprint density at radius 3 is 2.31 bits per heavy atom. The number of benzene rings is 3. The maximum absolute atomic E-state index is 14.1. The fraction of sp³-hybridized carbons (Fsp3) is 0.525. The Labute approximate surface area is 445 Å². The average Bonchev–Trinajstić information content (AvgIpc) is 3.89. The first-order valence-electron chi connectivity index (χ1n) is 27.1. The van der Waals surface area contributed by atoms with E-state index >= 15 is 0 Å². The Bertz CT molecular complexity index is 2850. The molecule has 15 heteroatoms. The quantitative estimate of drug-likeness (QED) is 0.110. The van der Waals surface area contributed by atoms with E-state index in [9.17, 15) is 19.2 Å². The molecular weight excluding hydrogens is 968 g/mol. The van der Waals surface area contributed by atoms with Crippen LogP contribution in [-0.4, -0.2) is 120 Å². The van der Waals surface area contributed by atoms with Gasteiger partial charge in [-0.15, -0.1) is 11.3 Å². The second-order valence-corrected chi connectivity index (χ2v) is 23.7. The van der Waals surface area contributed by atoms with Gasteiger partial charge in [-0.2, -0.15) is 0 Å². The summed E-state index contributed by atoms with van der Waals surface area (Å²) in [6.07, 6.45) is 11.4. The van der Waals surface area contributed by atoms with Crippen LogP contribution in [-0.2, 0) is 20.9 Å². The van der Waals surface area contributed by atoms with Crippen LogP contribution in [0, 0.1) is 24.2 Å². The molecule has 392 valence electrons. The third-order valence-electron chi connectivity index (χ3n) is 17.2. The van der Waals surface area contributed by atoms with Crippen molar-refractivity contribution in [3.63, 3.8) is 0 Å². The fourth-order valence-corrected chi connectivity index (χ4v) is 14.1. The number of amides is 4. The molecule has 5 aliphatic rings. The molecule has 0 bridgehead atoms. The van der Waals surface area contributed by atoms with Gasteiger partial charge in [0, 0.05) is 97.2 Å². The number of aromatic nitrogens is 2. The summed E-state index contributed by atoms with van der Waals surface area (Å²) in [7, 11) is 5.89. The largest absolute Gasteiger partial charge is 0.496 e. The standard InChI is InChI=1S/C59H73ClN8O5S/c1-37(52-31-45(36-74-52)54-44(35-65(3)4)7-6-8-49(54)60)61-55-48-32-47(51(73-5)33-50(48)62-38(2)63-55)41-11-15-43(16-12-41)58(72)68-29-27-66(28-30-68)34-39-19-21-59(22-20-39)23-25-67(26-24-59)57(71)42-13-9-40(10-14-42)46-17-18-53(69)64-56(46)70/h6-10,13-14,31-33,36-37,39,41,43,46H,11-12,15-30,34-35H2,1-5H3,(H,61,62,63)(H,64,69,70)/t37-,41?,43?,46-/m1/s1. The number of hydrogen-bond acceptors (Lipinski definition) is 11. The minimum absolute atomic E-state index is 0.00933. The normalized spacial score (nSPS) is 22.3. The van der Waals surface area contributed by atoms with E-state index in [-0.39, 0.29) is 41.5 Å². The molecule has 0 unspecified atom stereocenters. The number of anilines is 1. The Kier molecular flexibility index (Phi) is 15.8. The van der Waals surface area contributed by atoms with Gasteiger partial charge in [-0.1, -0.05) is 35.9 Å². The highest BCUT2D eigenvalue weighted by molar-refractivity contribution is 7.10. The molecule has 5 aromatic rings. The van der Waals surface area contributed by atoms with Crippen molar-refractivity contribution in [1.29, 1.82) is 0 Å². The number of likely N-dealkylation sites (tertiary alicyclic amines) is 1. The molecule has 2 saturated carbocycles.